The van der Waals surface area contributed by atoms with Crippen molar-refractivity contribution in [2.45, 2.75) is 19.5 Å². The molecule has 1 unspecified atom stereocenters. The Labute approximate surface area is 118 Å². The summed E-state index contributed by atoms with van der Waals surface area (Å²) in [5.74, 6) is 1.71. The number of nitrogens with one attached hydrogen (secondary N) is 2. The normalized spacial score (nSPS) is 12.0. The van der Waals surface area contributed by atoms with Gasteiger partial charge in [0.2, 0.25) is 17.8 Å². The largest absolute Gasteiger partial charge is 0.357 e. The van der Waals surface area contributed by atoms with Crippen LogP contribution in [0, 0.1) is 0 Å². The standard InChI is InChI=1S/C12H20N8/c1-9(7-20-6-5-14-8-20)15-11-16-10(13-2)17-12(18-11)19(3)4/h5-6,8-9H,7H2,1-4H3,(H2,13,15,16,17,18). The minimum atomic E-state index is 0.173. The fourth-order valence-corrected chi connectivity index (χ4v) is 1.72. The number of anilines is 3. The molecule has 0 spiro atoms. The van der Waals surface area contributed by atoms with E-state index in [0.717, 1.165) is 6.54 Å². The van der Waals surface area contributed by atoms with Gasteiger partial charge in [0.1, 0.15) is 0 Å². The summed E-state index contributed by atoms with van der Waals surface area (Å²) >= 11 is 0. The molecule has 0 aliphatic carbocycles. The minimum absolute atomic E-state index is 0.173. The predicted octanol–water partition coefficient (Wildman–Crippen LogP) is 0.676. The number of aromatic nitrogens is 5. The van der Waals surface area contributed by atoms with Crippen LogP contribution in [0.3, 0.4) is 0 Å². The third-order valence-electron chi connectivity index (χ3n) is 2.67. The Bertz CT molecular complexity index is 536. The molecular formula is C12H20N8. The molecule has 0 aliphatic heterocycles. The van der Waals surface area contributed by atoms with Crippen LogP contribution in [0.15, 0.2) is 18.7 Å². The van der Waals surface area contributed by atoms with E-state index in [4.69, 9.17) is 0 Å². The molecule has 0 aromatic carbocycles. The van der Waals surface area contributed by atoms with Crippen LogP contribution in [0.25, 0.3) is 0 Å². The highest BCUT2D eigenvalue weighted by atomic mass is 15.3. The van der Waals surface area contributed by atoms with E-state index in [1.54, 1.807) is 19.6 Å². The van der Waals surface area contributed by atoms with Crippen LogP contribution in [0.1, 0.15) is 6.92 Å². The molecule has 2 rings (SSSR count). The Balaban J connectivity index is 2.09. The van der Waals surface area contributed by atoms with Crippen LogP contribution in [0.5, 0.6) is 0 Å². The van der Waals surface area contributed by atoms with Crippen molar-refractivity contribution >= 4 is 17.8 Å². The zero-order valence-corrected chi connectivity index (χ0v) is 12.2. The lowest BCUT2D eigenvalue weighted by Crippen LogP contribution is -2.24. The molecule has 20 heavy (non-hydrogen) atoms. The molecule has 2 aromatic rings. The van der Waals surface area contributed by atoms with Crippen molar-refractivity contribution in [3.63, 3.8) is 0 Å². The molecule has 0 saturated heterocycles. The molecule has 108 valence electrons. The topological polar surface area (TPSA) is 83.8 Å². The van der Waals surface area contributed by atoms with E-state index in [-0.39, 0.29) is 6.04 Å². The minimum Gasteiger partial charge on any atom is -0.357 e. The van der Waals surface area contributed by atoms with Crippen molar-refractivity contribution < 1.29 is 0 Å². The molecule has 0 fully saturated rings. The lowest BCUT2D eigenvalue weighted by molar-refractivity contribution is 0.614. The number of nitrogens with zero attached hydrogens (tertiary/aromatic N) is 6. The summed E-state index contributed by atoms with van der Waals surface area (Å²) in [5.41, 5.74) is 0. The third kappa shape index (κ3) is 3.56. The van der Waals surface area contributed by atoms with Gasteiger partial charge in [-0.25, -0.2) is 4.98 Å². The van der Waals surface area contributed by atoms with Crippen molar-refractivity contribution in [1.82, 2.24) is 24.5 Å². The van der Waals surface area contributed by atoms with Gasteiger partial charge in [0.15, 0.2) is 0 Å². The van der Waals surface area contributed by atoms with E-state index < -0.39 is 0 Å². The van der Waals surface area contributed by atoms with Gasteiger partial charge < -0.3 is 20.1 Å². The maximum Gasteiger partial charge on any atom is 0.231 e. The van der Waals surface area contributed by atoms with Crippen molar-refractivity contribution in [3.05, 3.63) is 18.7 Å². The Kier molecular flexibility index (Phi) is 4.34. The fourth-order valence-electron chi connectivity index (χ4n) is 1.72. The van der Waals surface area contributed by atoms with Crippen molar-refractivity contribution in [2.24, 2.45) is 0 Å². The van der Waals surface area contributed by atoms with Gasteiger partial charge in [0.25, 0.3) is 0 Å². The smallest absolute Gasteiger partial charge is 0.231 e. The molecule has 8 nitrogen and oxygen atoms in total. The van der Waals surface area contributed by atoms with E-state index >= 15 is 0 Å². The second-order valence-corrected chi connectivity index (χ2v) is 4.73. The van der Waals surface area contributed by atoms with Crippen molar-refractivity contribution in [1.29, 1.82) is 0 Å². The monoisotopic (exact) mass is 276 g/mol. The maximum absolute atomic E-state index is 4.38. The molecule has 2 aromatic heterocycles. The first kappa shape index (κ1) is 14.0. The Morgan fingerprint density at radius 1 is 1.25 bits per heavy atom. The van der Waals surface area contributed by atoms with E-state index in [1.807, 2.05) is 29.8 Å². The predicted molar refractivity (Wildman–Crippen MR) is 79.0 cm³/mol. The number of rotatable bonds is 6. The van der Waals surface area contributed by atoms with E-state index in [1.165, 1.54) is 0 Å². The van der Waals surface area contributed by atoms with Gasteiger partial charge in [-0.15, -0.1) is 0 Å². The van der Waals surface area contributed by atoms with E-state index in [9.17, 15) is 0 Å². The first-order chi connectivity index (χ1) is 9.58. The SMILES string of the molecule is CNc1nc(NC(C)Cn2ccnc2)nc(N(C)C)n1. The highest BCUT2D eigenvalue weighted by Gasteiger charge is 2.10. The molecule has 0 aliphatic rings. The van der Waals surface area contributed by atoms with Crippen molar-refractivity contribution in [3.8, 4) is 0 Å². The zero-order chi connectivity index (χ0) is 14.5. The van der Waals surface area contributed by atoms with E-state index in [0.29, 0.717) is 17.8 Å². The van der Waals surface area contributed by atoms with Crippen molar-refractivity contribution in [2.75, 3.05) is 36.7 Å². The summed E-state index contributed by atoms with van der Waals surface area (Å²) in [6.45, 7) is 2.86. The first-order valence-corrected chi connectivity index (χ1v) is 6.42. The van der Waals surface area contributed by atoms with Gasteiger partial charge in [-0.05, 0) is 6.92 Å². The summed E-state index contributed by atoms with van der Waals surface area (Å²) in [6, 6.07) is 0.173. The second-order valence-electron chi connectivity index (χ2n) is 4.73. The van der Waals surface area contributed by atoms with Gasteiger partial charge >= 0.3 is 0 Å². The van der Waals surface area contributed by atoms with Gasteiger partial charge in [0, 0.05) is 46.1 Å². The Morgan fingerprint density at radius 3 is 2.60 bits per heavy atom. The Hall–Kier alpha value is -2.38. The third-order valence-corrected chi connectivity index (χ3v) is 2.67. The molecule has 2 heterocycles. The second kappa shape index (κ2) is 6.18. The molecule has 1 atom stereocenters. The quantitative estimate of drug-likeness (QED) is 0.802. The van der Waals surface area contributed by atoms with Gasteiger partial charge in [-0.2, -0.15) is 15.0 Å². The first-order valence-electron chi connectivity index (χ1n) is 6.42. The molecular weight excluding hydrogens is 256 g/mol. The van der Waals surface area contributed by atoms with Crippen LogP contribution in [-0.4, -0.2) is 51.7 Å². The van der Waals surface area contributed by atoms with Gasteiger partial charge in [-0.3, -0.25) is 0 Å². The molecule has 0 amide bonds. The Morgan fingerprint density at radius 2 is 2.00 bits per heavy atom. The van der Waals surface area contributed by atoms with Gasteiger partial charge in [-0.1, -0.05) is 0 Å². The fraction of sp³-hybridized carbons (Fsp3) is 0.500. The molecule has 0 bridgehead atoms. The lowest BCUT2D eigenvalue weighted by Gasteiger charge is -2.17. The lowest BCUT2D eigenvalue weighted by atomic mass is 10.3. The molecule has 0 saturated carbocycles. The maximum atomic E-state index is 4.38. The van der Waals surface area contributed by atoms with Crippen LogP contribution in [-0.2, 0) is 6.54 Å². The summed E-state index contributed by atoms with van der Waals surface area (Å²) in [4.78, 5) is 18.8. The van der Waals surface area contributed by atoms with Crippen LogP contribution < -0.4 is 15.5 Å². The summed E-state index contributed by atoms with van der Waals surface area (Å²) in [7, 11) is 5.58. The summed E-state index contributed by atoms with van der Waals surface area (Å²) < 4.78 is 2.00. The zero-order valence-electron chi connectivity index (χ0n) is 12.2. The van der Waals surface area contributed by atoms with E-state index in [2.05, 4.69) is 37.5 Å². The number of hydrogen-bond acceptors (Lipinski definition) is 7. The van der Waals surface area contributed by atoms with Gasteiger partial charge in [0.05, 0.1) is 6.33 Å². The molecule has 0 radical (unpaired) electrons. The summed E-state index contributed by atoms with van der Waals surface area (Å²) in [6.07, 6.45) is 5.48. The summed E-state index contributed by atoms with van der Waals surface area (Å²) in [5, 5.41) is 6.21. The van der Waals surface area contributed by atoms with Crippen LogP contribution in [0.4, 0.5) is 17.8 Å². The molecule has 2 N–H and O–H groups in total. The number of hydrogen-bond donors (Lipinski definition) is 2. The number of imidazole rings is 1. The highest BCUT2D eigenvalue weighted by Crippen LogP contribution is 2.12. The average Bonchev–Trinajstić information content (AvgIpc) is 2.90. The van der Waals surface area contributed by atoms with Crippen LogP contribution in [0.2, 0.25) is 0 Å². The highest BCUT2D eigenvalue weighted by molar-refractivity contribution is 5.42. The molecule has 8 heteroatoms. The average molecular weight is 276 g/mol. The van der Waals surface area contributed by atoms with Crippen LogP contribution >= 0.6 is 0 Å².